The monoisotopic (exact) mass is 101 g/mol. The molecule has 0 saturated carbocycles. The molecule has 0 aliphatic rings. The average molecular weight is 101 g/mol. The molecule has 33 valence electrons. The summed E-state index contributed by atoms with van der Waals surface area (Å²) in [5, 5.41) is 0. The van der Waals surface area contributed by atoms with Crippen molar-refractivity contribution in [3.63, 3.8) is 0 Å². The van der Waals surface area contributed by atoms with Gasteiger partial charge in [0.1, 0.15) is 0 Å². The lowest BCUT2D eigenvalue weighted by molar-refractivity contribution is -0.129. The van der Waals surface area contributed by atoms with Crippen molar-refractivity contribution in [3.8, 4) is 0 Å². The topological polar surface area (TPSA) is 26.3 Å². The highest BCUT2D eigenvalue weighted by Gasteiger charge is 1.82. The Bertz CT molecular complexity index is 69.2. The molecule has 0 heterocycles. The Balaban J connectivity index is 3.23. The van der Waals surface area contributed by atoms with E-state index in [9.17, 15) is 4.79 Å². The Labute approximate surface area is 39.3 Å². The minimum absolute atomic E-state index is 0.430. The Morgan fingerprint density at radius 1 is 2.00 bits per heavy atom. The van der Waals surface area contributed by atoms with E-state index in [1.807, 2.05) is 6.08 Å². The molecule has 3 heteroatoms. The normalized spacial score (nSPS) is 7.33. The molecule has 0 aromatic carbocycles. The third-order valence-electron chi connectivity index (χ3n) is 0.330. The summed E-state index contributed by atoms with van der Waals surface area (Å²) in [6, 6.07) is 0. The molecule has 0 N–H and O–H groups in total. The fraction of sp³-hybridized carbons (Fsp3) is 0. The van der Waals surface area contributed by atoms with Crippen molar-refractivity contribution in [2.24, 2.45) is 0 Å². The van der Waals surface area contributed by atoms with Crippen molar-refractivity contribution < 1.29 is 9.22 Å². The zero-order chi connectivity index (χ0) is 4.99. The number of rotatable bonds is 1. The Kier molecular flexibility index (Phi) is 2.40. The van der Waals surface area contributed by atoms with E-state index in [4.69, 9.17) is 0 Å². The predicted octanol–water partition coefficient (Wildman–Crippen LogP) is -1.20. The minimum Gasteiger partial charge on any atom is -0.525 e. The largest absolute Gasteiger partial charge is 0.525 e. The molecule has 0 spiro atoms. The van der Waals surface area contributed by atoms with Crippen LogP contribution in [0.5, 0.6) is 0 Å². The smallest absolute Gasteiger partial charge is 0.324 e. The summed E-state index contributed by atoms with van der Waals surface area (Å²) in [5.74, 6) is -0.457. The maximum Gasteiger partial charge on any atom is 0.324 e. The first kappa shape index (κ1) is 5.43. The first-order chi connectivity index (χ1) is 2.81. The van der Waals surface area contributed by atoms with Crippen LogP contribution < -0.4 is 0 Å². The number of carbonyl (C=O) groups excluding carboxylic acids is 1. The number of hydrogen-bond acceptors (Lipinski definition) is 2. The van der Waals surface area contributed by atoms with Crippen molar-refractivity contribution in [1.82, 2.24) is 0 Å². The van der Waals surface area contributed by atoms with Crippen molar-refractivity contribution in [2.75, 3.05) is 0 Å². The van der Waals surface area contributed by atoms with Gasteiger partial charge in [-0.25, -0.2) is 4.79 Å². The molecule has 0 atom stereocenters. The van der Waals surface area contributed by atoms with E-state index < -0.39 is 5.97 Å². The van der Waals surface area contributed by atoms with E-state index >= 15 is 0 Å². The van der Waals surface area contributed by atoms with Gasteiger partial charge >= 0.3 is 5.97 Å². The van der Waals surface area contributed by atoms with Gasteiger partial charge in [0.25, 0.3) is 0 Å². The summed E-state index contributed by atoms with van der Waals surface area (Å²) < 4.78 is 4.23. The van der Waals surface area contributed by atoms with Gasteiger partial charge < -0.3 is 4.43 Å². The second-order valence-corrected chi connectivity index (χ2v) is 1.08. The summed E-state index contributed by atoms with van der Waals surface area (Å²) in [6.45, 7) is 3.05. The van der Waals surface area contributed by atoms with E-state index in [2.05, 4.69) is 11.0 Å². The first-order valence-electron chi connectivity index (χ1n) is 1.42. The van der Waals surface area contributed by atoms with Crippen LogP contribution >= 0.6 is 0 Å². The van der Waals surface area contributed by atoms with Crippen molar-refractivity contribution in [2.45, 2.75) is 0 Å². The van der Waals surface area contributed by atoms with Gasteiger partial charge in [-0.1, -0.05) is 6.58 Å². The first-order valence-corrected chi connectivity index (χ1v) is 2.24. The molecule has 0 aliphatic carbocycles. The Morgan fingerprint density at radius 3 is 2.50 bits per heavy atom. The molecule has 6 heavy (non-hydrogen) atoms. The highest BCUT2D eigenvalue weighted by molar-refractivity contribution is 6.06. The number of carbonyl (C=O) groups is 1. The second kappa shape index (κ2) is 2.65. The third-order valence-corrected chi connectivity index (χ3v) is 0.701. The maximum absolute atomic E-state index is 9.82. The van der Waals surface area contributed by atoms with Gasteiger partial charge in [-0.2, -0.15) is 0 Å². The molecular weight excluding hydrogens is 96.1 g/mol. The van der Waals surface area contributed by atoms with Crippen molar-refractivity contribution in [1.29, 1.82) is 0 Å². The van der Waals surface area contributed by atoms with Crippen LogP contribution in [0, 0.1) is 6.08 Å². The van der Waals surface area contributed by atoms with Crippen LogP contribution in [0.25, 0.3) is 0 Å². The van der Waals surface area contributed by atoms with Crippen molar-refractivity contribution in [3.05, 3.63) is 12.7 Å². The summed E-state index contributed by atoms with van der Waals surface area (Å²) in [4.78, 5) is 9.82. The minimum atomic E-state index is -0.457. The van der Waals surface area contributed by atoms with Crippen LogP contribution in [0.4, 0.5) is 0 Å². The summed E-state index contributed by atoms with van der Waals surface area (Å²) >= 11 is 0. The number of hydrogen-bond donors (Lipinski definition) is 0. The van der Waals surface area contributed by atoms with Crippen LogP contribution in [0.1, 0.15) is 0 Å². The van der Waals surface area contributed by atoms with E-state index in [1.54, 1.807) is 0 Å². The van der Waals surface area contributed by atoms with Crippen LogP contribution in [-0.2, 0) is 9.22 Å². The Hall–Kier alpha value is -0.573. The molecule has 0 amide bonds. The molecule has 2 nitrogen and oxygen atoms in total. The molecule has 0 aliphatic heterocycles. The average Bonchev–Trinajstić information content (AvgIpc) is 1.65. The molecule has 0 saturated heterocycles. The highest BCUT2D eigenvalue weighted by atomic mass is 28.2. The summed E-state index contributed by atoms with van der Waals surface area (Å²) in [7, 11) is 0.430. The van der Waals surface area contributed by atoms with Gasteiger partial charge in [0, 0.05) is 0 Å². The van der Waals surface area contributed by atoms with E-state index in [0.29, 0.717) is 10.5 Å². The zero-order valence-electron chi connectivity index (χ0n) is 3.52. The van der Waals surface area contributed by atoms with Crippen molar-refractivity contribution >= 4 is 16.5 Å². The lowest BCUT2D eigenvalue weighted by Gasteiger charge is -1.83. The highest BCUT2D eigenvalue weighted by Crippen LogP contribution is 1.64. The standard InChI is InChI=1S/C3H5O2Si/c1-2-3(4)5-6/h1H2,6H3. The van der Waals surface area contributed by atoms with E-state index in [-0.39, 0.29) is 0 Å². The van der Waals surface area contributed by atoms with Gasteiger partial charge in [0.05, 0.1) is 6.08 Å². The summed E-state index contributed by atoms with van der Waals surface area (Å²) in [5.41, 5.74) is 0. The molecule has 0 unspecified atom stereocenters. The molecule has 0 rings (SSSR count). The molecule has 1 radical (unpaired) electrons. The second-order valence-electron chi connectivity index (χ2n) is 0.668. The fourth-order valence-electron chi connectivity index (χ4n) is 0.0722. The summed E-state index contributed by atoms with van der Waals surface area (Å²) in [6.07, 6.45) is 2.04. The molecule has 0 aromatic heterocycles. The predicted molar refractivity (Wildman–Crippen MR) is 24.9 cm³/mol. The molecular formula is C3H5O2Si. The Morgan fingerprint density at radius 2 is 2.50 bits per heavy atom. The van der Waals surface area contributed by atoms with E-state index in [0.717, 1.165) is 0 Å². The quantitative estimate of drug-likeness (QED) is 0.306. The van der Waals surface area contributed by atoms with Crippen LogP contribution in [0.2, 0.25) is 0 Å². The SMILES string of the molecule is C=[C]C(=O)O[SiH3]. The van der Waals surface area contributed by atoms with Crippen LogP contribution in [0.15, 0.2) is 6.58 Å². The van der Waals surface area contributed by atoms with Gasteiger partial charge in [-0.15, -0.1) is 0 Å². The molecule has 0 bridgehead atoms. The zero-order valence-corrected chi connectivity index (χ0v) is 5.52. The van der Waals surface area contributed by atoms with Gasteiger partial charge in [-0.05, 0) is 0 Å². The maximum atomic E-state index is 9.82. The van der Waals surface area contributed by atoms with E-state index in [1.165, 1.54) is 0 Å². The molecule has 0 fully saturated rings. The van der Waals surface area contributed by atoms with Gasteiger partial charge in [0.2, 0.25) is 10.5 Å². The van der Waals surface area contributed by atoms with Gasteiger partial charge in [0.15, 0.2) is 0 Å². The third kappa shape index (κ3) is 1.72. The fourth-order valence-corrected chi connectivity index (χ4v) is 0.217. The van der Waals surface area contributed by atoms with Crippen LogP contribution in [0.3, 0.4) is 0 Å². The van der Waals surface area contributed by atoms with Crippen LogP contribution in [-0.4, -0.2) is 16.5 Å². The molecule has 0 aromatic rings. The lowest BCUT2D eigenvalue weighted by atomic mass is 10.7. The lowest BCUT2D eigenvalue weighted by Crippen LogP contribution is -1.94. The van der Waals surface area contributed by atoms with Gasteiger partial charge in [-0.3, -0.25) is 0 Å².